The van der Waals surface area contributed by atoms with Gasteiger partial charge in [-0.1, -0.05) is 133 Å². The number of quaternary nitrogens is 2. The molecule has 0 amide bonds. The number of anilines is 2. The van der Waals surface area contributed by atoms with Crippen LogP contribution >= 0.6 is 0 Å². The second kappa shape index (κ2) is 19.3. The Morgan fingerprint density at radius 1 is 0.404 bits per heavy atom. The fraction of sp³-hybridized carbons (Fsp3) is 0.100. The van der Waals surface area contributed by atoms with Gasteiger partial charge in [0.2, 0.25) is 0 Å². The first kappa shape index (κ1) is 39.4. The molecule has 12 heteroatoms. The average molecular weight is 739 g/mol. The van der Waals surface area contributed by atoms with E-state index in [2.05, 4.69) is 132 Å². The van der Waals surface area contributed by atoms with Crippen LogP contribution < -0.4 is 22.1 Å². The minimum atomic E-state index is -4.93. The Hall–Kier alpha value is -5.34. The molecule has 0 spiro atoms. The van der Waals surface area contributed by atoms with E-state index in [0.717, 1.165) is 50.4 Å². The van der Waals surface area contributed by atoms with Gasteiger partial charge >= 0.3 is 0 Å². The van der Waals surface area contributed by atoms with Crippen LogP contribution in [-0.2, 0) is 46.4 Å². The molecular weight excluding hydrogens is 697 g/mol. The van der Waals surface area contributed by atoms with Crippen LogP contribution in [-0.4, -0.2) is 25.9 Å². The van der Waals surface area contributed by atoms with Crippen LogP contribution in [0.25, 0.3) is 11.1 Å². The molecule has 0 heterocycles. The highest BCUT2D eigenvalue weighted by Gasteiger charge is 2.17. The lowest BCUT2D eigenvalue weighted by molar-refractivity contribution is -0.686. The molecular formula is C40H42N4O6S2. The molecule has 10 nitrogen and oxygen atoms in total. The van der Waals surface area contributed by atoms with Crippen LogP contribution in [0.5, 0.6) is 0 Å². The Morgan fingerprint density at radius 3 is 0.885 bits per heavy atom. The number of hydrogen-bond donors (Lipinski definition) is 4. The Morgan fingerprint density at radius 2 is 0.654 bits per heavy atom. The zero-order chi connectivity index (χ0) is 37.4. The van der Waals surface area contributed by atoms with Gasteiger partial charge in [-0.05, 0) is 24.3 Å². The maximum Gasteiger partial charge on any atom is 0.125 e. The standard InChI is InChI=1S/2C14H15N.C12H12N2O6S2/c2*1-3-7-13(8-4-1)11-15-12-14-9-5-2-6-10-14;13-7-1-3-9(11(5-7)21(15,16)17)10-4-2-8(14)6-12(10)22(18,19)20/h2*1-10,15H,11-12H2;1-6H,13-14H2,(H,15,16,17)(H,18,19,20). The predicted molar refractivity (Wildman–Crippen MR) is 201 cm³/mol. The van der Waals surface area contributed by atoms with Gasteiger partial charge in [0.25, 0.3) is 0 Å². The summed E-state index contributed by atoms with van der Waals surface area (Å²) in [5.74, 6) is 0. The van der Waals surface area contributed by atoms with Crippen molar-refractivity contribution in [3.63, 3.8) is 0 Å². The van der Waals surface area contributed by atoms with Crippen molar-refractivity contribution >= 4 is 31.6 Å². The molecule has 0 aliphatic heterocycles. The number of nitrogens with two attached hydrogens (primary N) is 4. The predicted octanol–water partition coefficient (Wildman–Crippen LogP) is 4.23. The molecule has 6 aromatic carbocycles. The van der Waals surface area contributed by atoms with Crippen LogP contribution in [0.3, 0.4) is 0 Å². The fourth-order valence-electron chi connectivity index (χ4n) is 5.20. The third-order valence-corrected chi connectivity index (χ3v) is 9.48. The summed E-state index contributed by atoms with van der Waals surface area (Å²) in [6.07, 6.45) is 0. The van der Waals surface area contributed by atoms with E-state index in [1.54, 1.807) is 0 Å². The molecule has 52 heavy (non-hydrogen) atoms. The third kappa shape index (κ3) is 13.1. The first-order valence-electron chi connectivity index (χ1n) is 16.4. The van der Waals surface area contributed by atoms with Gasteiger partial charge in [0.15, 0.2) is 0 Å². The van der Waals surface area contributed by atoms with E-state index in [1.807, 2.05) is 0 Å². The highest BCUT2D eigenvalue weighted by atomic mass is 32.2. The van der Waals surface area contributed by atoms with Crippen molar-refractivity contribution in [3.05, 3.63) is 180 Å². The maximum atomic E-state index is 11.3. The van der Waals surface area contributed by atoms with Crippen LogP contribution in [0.4, 0.5) is 11.4 Å². The van der Waals surface area contributed by atoms with E-state index >= 15 is 0 Å². The molecule has 0 radical (unpaired) electrons. The summed E-state index contributed by atoms with van der Waals surface area (Å²) < 4.78 is 68.1. The second-order valence-corrected chi connectivity index (χ2v) is 14.5. The minimum Gasteiger partial charge on any atom is -0.744 e. The number of nitrogen functional groups attached to an aromatic ring is 2. The molecule has 0 aliphatic rings. The highest BCUT2D eigenvalue weighted by molar-refractivity contribution is 7.86. The Bertz CT molecular complexity index is 1970. The zero-order valence-electron chi connectivity index (χ0n) is 28.4. The quantitative estimate of drug-likeness (QED) is 0.112. The van der Waals surface area contributed by atoms with Crippen molar-refractivity contribution in [2.75, 3.05) is 11.5 Å². The first-order valence-corrected chi connectivity index (χ1v) is 19.2. The molecule has 0 aromatic heterocycles. The summed E-state index contributed by atoms with van der Waals surface area (Å²) in [6, 6.07) is 48.9. The van der Waals surface area contributed by atoms with Gasteiger partial charge < -0.3 is 31.2 Å². The van der Waals surface area contributed by atoms with Crippen molar-refractivity contribution in [2.24, 2.45) is 0 Å². The van der Waals surface area contributed by atoms with E-state index < -0.39 is 30.0 Å². The summed E-state index contributed by atoms with van der Waals surface area (Å²) in [5, 5.41) is 4.65. The molecule has 8 N–H and O–H groups in total. The molecule has 0 atom stereocenters. The molecule has 0 saturated carbocycles. The van der Waals surface area contributed by atoms with Crippen LogP contribution in [0, 0.1) is 0 Å². The Labute approximate surface area is 305 Å². The lowest BCUT2D eigenvalue weighted by atomic mass is 10.0. The lowest BCUT2D eigenvalue weighted by Gasteiger charge is -2.18. The van der Waals surface area contributed by atoms with Gasteiger partial charge in [-0.25, -0.2) is 16.8 Å². The minimum absolute atomic E-state index is 0.000139. The largest absolute Gasteiger partial charge is 0.744 e. The molecule has 6 aromatic rings. The van der Waals surface area contributed by atoms with Crippen LogP contribution in [0.1, 0.15) is 22.3 Å². The van der Waals surface area contributed by atoms with Crippen molar-refractivity contribution in [2.45, 2.75) is 36.0 Å². The molecule has 0 saturated heterocycles. The summed E-state index contributed by atoms with van der Waals surface area (Å²) >= 11 is 0. The summed E-state index contributed by atoms with van der Waals surface area (Å²) in [7, 11) is -9.87. The van der Waals surface area contributed by atoms with Gasteiger partial charge in [-0.2, -0.15) is 0 Å². The first-order chi connectivity index (χ1) is 24.9. The van der Waals surface area contributed by atoms with E-state index in [4.69, 9.17) is 11.5 Å². The van der Waals surface area contributed by atoms with Gasteiger partial charge in [0.05, 0.1) is 9.79 Å². The van der Waals surface area contributed by atoms with Crippen LogP contribution in [0.2, 0.25) is 0 Å². The molecule has 0 aliphatic carbocycles. The average Bonchev–Trinajstić information content (AvgIpc) is 3.13. The monoisotopic (exact) mass is 738 g/mol. The summed E-state index contributed by atoms with van der Waals surface area (Å²) in [5.41, 5.74) is 16.0. The summed E-state index contributed by atoms with van der Waals surface area (Å²) in [4.78, 5) is -1.44. The number of rotatable bonds is 11. The summed E-state index contributed by atoms with van der Waals surface area (Å²) in [6.45, 7) is 4.21. The van der Waals surface area contributed by atoms with Crippen LogP contribution in [0.15, 0.2) is 168 Å². The smallest absolute Gasteiger partial charge is 0.125 e. The van der Waals surface area contributed by atoms with Gasteiger partial charge in [-0.15, -0.1) is 0 Å². The zero-order valence-corrected chi connectivity index (χ0v) is 30.0. The molecule has 0 unspecified atom stereocenters. The SMILES string of the molecule is Nc1ccc(-c2ccc(N)cc2S(=O)(=O)[O-])c(S(=O)(=O)[O-])c1.c1ccc(C[NH2+]Cc2ccccc2)cc1.c1ccc(C[NH2+]Cc2ccccc2)cc1. The second-order valence-electron chi connectivity index (χ2n) is 11.8. The normalized spacial score (nSPS) is 11.0. The fourth-order valence-corrected chi connectivity index (χ4v) is 6.66. The van der Waals surface area contributed by atoms with E-state index in [1.165, 1.54) is 34.4 Å². The van der Waals surface area contributed by atoms with E-state index in [0.29, 0.717) is 0 Å². The highest BCUT2D eigenvalue weighted by Crippen LogP contribution is 2.34. The lowest BCUT2D eigenvalue weighted by Crippen LogP contribution is -2.80. The Balaban J connectivity index is 0.000000179. The van der Waals surface area contributed by atoms with Gasteiger partial charge in [0, 0.05) is 44.8 Å². The van der Waals surface area contributed by atoms with E-state index in [-0.39, 0.29) is 22.5 Å². The maximum absolute atomic E-state index is 11.3. The molecule has 270 valence electrons. The molecule has 0 bridgehead atoms. The Kier molecular flexibility index (Phi) is 14.7. The number of hydrogen-bond acceptors (Lipinski definition) is 8. The van der Waals surface area contributed by atoms with Crippen molar-refractivity contribution in [3.8, 4) is 11.1 Å². The molecule has 0 fully saturated rings. The van der Waals surface area contributed by atoms with Crippen molar-refractivity contribution in [1.29, 1.82) is 0 Å². The topological polar surface area (TPSA) is 200 Å². The van der Waals surface area contributed by atoms with Gasteiger partial charge in [0.1, 0.15) is 46.4 Å². The van der Waals surface area contributed by atoms with Gasteiger partial charge in [-0.3, -0.25) is 0 Å². The van der Waals surface area contributed by atoms with E-state index in [9.17, 15) is 25.9 Å². The van der Waals surface area contributed by atoms with Crippen molar-refractivity contribution in [1.82, 2.24) is 0 Å². The van der Waals surface area contributed by atoms with Crippen molar-refractivity contribution < 1.29 is 36.6 Å². The third-order valence-electron chi connectivity index (χ3n) is 7.73. The number of benzene rings is 6. The molecule has 6 rings (SSSR count).